The summed E-state index contributed by atoms with van der Waals surface area (Å²) in [5.41, 5.74) is 0.130. The average molecular weight is 196 g/mol. The van der Waals surface area contributed by atoms with Gasteiger partial charge in [0.25, 0.3) is 0 Å². The van der Waals surface area contributed by atoms with Gasteiger partial charge in [0.15, 0.2) is 17.4 Å². The molecule has 0 bridgehead atoms. The van der Waals surface area contributed by atoms with Crippen LogP contribution in [0.2, 0.25) is 0 Å². The summed E-state index contributed by atoms with van der Waals surface area (Å²) >= 11 is 0. The minimum Gasteiger partial charge on any atom is -0.294 e. The predicted octanol–water partition coefficient (Wildman–Crippen LogP) is 2.87. The van der Waals surface area contributed by atoms with Crippen LogP contribution in [-0.4, -0.2) is 5.78 Å². The van der Waals surface area contributed by atoms with Gasteiger partial charge in [-0.2, -0.15) is 0 Å². The standard InChI is InChI=1S/C11H10F2O/c1-6-2-5-8(10(13)9(6)12)11(14)7-3-4-7/h2,5,7H,3-4H2,1H3. The van der Waals surface area contributed by atoms with Crippen molar-refractivity contribution in [1.82, 2.24) is 0 Å². The third-order valence-electron chi connectivity index (χ3n) is 2.49. The zero-order chi connectivity index (χ0) is 10.3. The summed E-state index contributed by atoms with van der Waals surface area (Å²) < 4.78 is 26.4. The van der Waals surface area contributed by atoms with Crippen LogP contribution in [-0.2, 0) is 0 Å². The molecule has 1 aromatic carbocycles. The van der Waals surface area contributed by atoms with Crippen molar-refractivity contribution in [2.45, 2.75) is 19.8 Å². The van der Waals surface area contributed by atoms with Crippen LogP contribution in [0.25, 0.3) is 0 Å². The topological polar surface area (TPSA) is 17.1 Å². The van der Waals surface area contributed by atoms with Crippen LogP contribution in [0.3, 0.4) is 0 Å². The first kappa shape index (κ1) is 9.31. The number of carbonyl (C=O) groups excluding carboxylic acids is 1. The largest absolute Gasteiger partial charge is 0.294 e. The molecule has 1 saturated carbocycles. The van der Waals surface area contributed by atoms with Crippen molar-refractivity contribution in [3.63, 3.8) is 0 Å². The fraction of sp³-hybridized carbons (Fsp3) is 0.364. The number of aryl methyl sites for hydroxylation is 1. The van der Waals surface area contributed by atoms with Gasteiger partial charge in [-0.1, -0.05) is 6.07 Å². The molecule has 0 aliphatic heterocycles. The molecule has 0 atom stereocenters. The highest BCUT2D eigenvalue weighted by atomic mass is 19.2. The first-order chi connectivity index (χ1) is 6.61. The summed E-state index contributed by atoms with van der Waals surface area (Å²) in [6.45, 7) is 1.48. The Labute approximate surface area is 80.7 Å². The second-order valence-corrected chi connectivity index (χ2v) is 3.70. The molecule has 3 heteroatoms. The Morgan fingerprint density at radius 3 is 2.50 bits per heavy atom. The van der Waals surface area contributed by atoms with Crippen LogP contribution in [0.5, 0.6) is 0 Å². The highest BCUT2D eigenvalue weighted by Gasteiger charge is 2.32. The summed E-state index contributed by atoms with van der Waals surface area (Å²) in [6, 6.07) is 2.81. The highest BCUT2D eigenvalue weighted by molar-refractivity contribution is 5.99. The Morgan fingerprint density at radius 2 is 1.93 bits per heavy atom. The van der Waals surface area contributed by atoms with E-state index in [-0.39, 0.29) is 22.8 Å². The first-order valence-corrected chi connectivity index (χ1v) is 4.60. The van der Waals surface area contributed by atoms with E-state index in [0.717, 1.165) is 12.8 Å². The van der Waals surface area contributed by atoms with Crippen molar-refractivity contribution in [3.05, 3.63) is 34.9 Å². The molecule has 0 heterocycles. The van der Waals surface area contributed by atoms with Crippen molar-refractivity contribution in [2.75, 3.05) is 0 Å². The minimum absolute atomic E-state index is 0.0772. The summed E-state index contributed by atoms with van der Waals surface area (Å²) in [6.07, 6.45) is 1.60. The Morgan fingerprint density at radius 1 is 1.29 bits per heavy atom. The molecule has 74 valence electrons. The quantitative estimate of drug-likeness (QED) is 0.665. The zero-order valence-electron chi connectivity index (χ0n) is 7.81. The molecule has 2 rings (SSSR count). The van der Waals surface area contributed by atoms with E-state index in [4.69, 9.17) is 0 Å². The van der Waals surface area contributed by atoms with Gasteiger partial charge in [-0.05, 0) is 31.4 Å². The molecule has 1 fully saturated rings. The number of benzene rings is 1. The molecule has 0 unspecified atom stereocenters. The van der Waals surface area contributed by atoms with E-state index in [1.54, 1.807) is 0 Å². The van der Waals surface area contributed by atoms with Crippen LogP contribution in [0.4, 0.5) is 8.78 Å². The molecule has 1 aromatic rings. The maximum atomic E-state index is 13.3. The van der Waals surface area contributed by atoms with Crippen LogP contribution >= 0.6 is 0 Å². The molecule has 1 aliphatic carbocycles. The van der Waals surface area contributed by atoms with Crippen molar-refractivity contribution in [3.8, 4) is 0 Å². The second kappa shape index (κ2) is 3.15. The molecule has 1 aliphatic rings. The summed E-state index contributed by atoms with van der Waals surface area (Å²) in [4.78, 5) is 11.5. The van der Waals surface area contributed by atoms with E-state index >= 15 is 0 Å². The molecule has 0 radical (unpaired) electrons. The lowest BCUT2D eigenvalue weighted by Gasteiger charge is -2.03. The molecular formula is C11H10F2O. The number of hydrogen-bond acceptors (Lipinski definition) is 1. The molecule has 0 aromatic heterocycles. The average Bonchev–Trinajstić information content (AvgIpc) is 2.97. The van der Waals surface area contributed by atoms with Crippen LogP contribution in [0, 0.1) is 24.5 Å². The summed E-state index contributed by atoms with van der Waals surface area (Å²) in [5, 5.41) is 0. The van der Waals surface area contributed by atoms with Gasteiger partial charge in [-0.3, -0.25) is 4.79 Å². The van der Waals surface area contributed by atoms with Gasteiger partial charge >= 0.3 is 0 Å². The first-order valence-electron chi connectivity index (χ1n) is 4.60. The maximum absolute atomic E-state index is 13.3. The van der Waals surface area contributed by atoms with Crippen molar-refractivity contribution in [2.24, 2.45) is 5.92 Å². The minimum atomic E-state index is -0.998. The van der Waals surface area contributed by atoms with Gasteiger partial charge in [-0.25, -0.2) is 8.78 Å². The second-order valence-electron chi connectivity index (χ2n) is 3.70. The molecule has 14 heavy (non-hydrogen) atoms. The van der Waals surface area contributed by atoms with Gasteiger partial charge in [0.05, 0.1) is 5.56 Å². The number of halogens is 2. The number of rotatable bonds is 2. The van der Waals surface area contributed by atoms with Gasteiger partial charge in [0.1, 0.15) is 0 Å². The molecule has 0 N–H and O–H groups in total. The smallest absolute Gasteiger partial charge is 0.169 e. The maximum Gasteiger partial charge on any atom is 0.169 e. The van der Waals surface area contributed by atoms with E-state index < -0.39 is 11.6 Å². The summed E-state index contributed by atoms with van der Waals surface area (Å²) in [7, 11) is 0. The fourth-order valence-electron chi connectivity index (χ4n) is 1.40. The highest BCUT2D eigenvalue weighted by Crippen LogP contribution is 2.33. The number of hydrogen-bond donors (Lipinski definition) is 0. The molecule has 0 saturated heterocycles. The van der Waals surface area contributed by atoms with Crippen molar-refractivity contribution >= 4 is 5.78 Å². The predicted molar refractivity (Wildman–Crippen MR) is 48.1 cm³/mol. The zero-order valence-corrected chi connectivity index (χ0v) is 7.81. The Kier molecular flexibility index (Phi) is 2.10. The molecule has 0 amide bonds. The van der Waals surface area contributed by atoms with Crippen molar-refractivity contribution < 1.29 is 13.6 Å². The Balaban J connectivity index is 2.43. The lowest BCUT2D eigenvalue weighted by molar-refractivity contribution is 0.0962. The van der Waals surface area contributed by atoms with E-state index in [9.17, 15) is 13.6 Å². The van der Waals surface area contributed by atoms with E-state index in [1.165, 1.54) is 19.1 Å². The van der Waals surface area contributed by atoms with Crippen LogP contribution < -0.4 is 0 Å². The van der Waals surface area contributed by atoms with E-state index in [0.29, 0.717) is 0 Å². The fourth-order valence-corrected chi connectivity index (χ4v) is 1.40. The van der Waals surface area contributed by atoms with Gasteiger partial charge in [-0.15, -0.1) is 0 Å². The third kappa shape index (κ3) is 1.43. The Hall–Kier alpha value is -1.25. The van der Waals surface area contributed by atoms with Crippen LogP contribution in [0.15, 0.2) is 12.1 Å². The molecular weight excluding hydrogens is 186 g/mol. The van der Waals surface area contributed by atoms with Gasteiger partial charge in [0.2, 0.25) is 0 Å². The normalized spacial score (nSPS) is 15.6. The SMILES string of the molecule is Cc1ccc(C(=O)C2CC2)c(F)c1F. The van der Waals surface area contributed by atoms with Gasteiger partial charge < -0.3 is 0 Å². The summed E-state index contributed by atoms with van der Waals surface area (Å²) in [5.74, 6) is -2.24. The lowest BCUT2D eigenvalue weighted by Crippen LogP contribution is -2.06. The van der Waals surface area contributed by atoms with Gasteiger partial charge in [0, 0.05) is 5.92 Å². The van der Waals surface area contributed by atoms with E-state index in [2.05, 4.69) is 0 Å². The number of Topliss-reactive ketones (excluding diaryl/α,β-unsaturated/α-hetero) is 1. The molecule has 0 spiro atoms. The number of carbonyl (C=O) groups is 1. The lowest BCUT2D eigenvalue weighted by atomic mass is 10.0. The molecule has 1 nitrogen and oxygen atoms in total. The third-order valence-corrected chi connectivity index (χ3v) is 2.49. The van der Waals surface area contributed by atoms with Crippen molar-refractivity contribution in [1.29, 1.82) is 0 Å². The number of ketones is 1. The Bertz CT molecular complexity index is 395. The van der Waals surface area contributed by atoms with E-state index in [1.807, 2.05) is 0 Å². The van der Waals surface area contributed by atoms with Crippen LogP contribution in [0.1, 0.15) is 28.8 Å². The monoisotopic (exact) mass is 196 g/mol.